The summed E-state index contributed by atoms with van der Waals surface area (Å²) in [6.07, 6.45) is -4.24. The number of benzene rings is 4. The van der Waals surface area contributed by atoms with Crippen LogP contribution in [0.4, 0.5) is 0 Å². The molecule has 6 rings (SSSR count). The maximum atomic E-state index is 14.0. The molecular weight excluding hydrogens is 708 g/mol. The minimum Gasteiger partial charge on any atom is -0.508 e. The highest BCUT2D eigenvalue weighted by atomic mass is 16.7. The number of aliphatic hydroxyl groups excluding tert-OH is 2. The van der Waals surface area contributed by atoms with Gasteiger partial charge in [0.05, 0.1) is 0 Å². The summed E-state index contributed by atoms with van der Waals surface area (Å²) in [6.45, 7) is -0.657. The van der Waals surface area contributed by atoms with E-state index < -0.39 is 77.3 Å². The fourth-order valence-corrected chi connectivity index (χ4v) is 5.44. The maximum Gasteiger partial charge on any atom is 0.331 e. The van der Waals surface area contributed by atoms with Crippen molar-refractivity contribution in [2.24, 2.45) is 0 Å². The number of hydrogen-bond acceptors (Lipinski definition) is 15. The van der Waals surface area contributed by atoms with E-state index in [2.05, 4.69) is 0 Å². The number of carbonyl (C=O) groups excluding carboxylic acids is 2. The van der Waals surface area contributed by atoms with Gasteiger partial charge in [-0.1, -0.05) is 24.3 Å². The summed E-state index contributed by atoms with van der Waals surface area (Å²) < 4.78 is 28.6. The van der Waals surface area contributed by atoms with Crippen molar-refractivity contribution in [3.05, 3.63) is 118 Å². The summed E-state index contributed by atoms with van der Waals surface area (Å²) in [5, 5.41) is 71.5. The second-order valence-electron chi connectivity index (χ2n) is 12.0. The van der Waals surface area contributed by atoms with Crippen molar-refractivity contribution in [2.75, 3.05) is 6.61 Å². The highest BCUT2D eigenvalue weighted by molar-refractivity contribution is 5.89. The number of phenols is 5. The number of fused-ring (bicyclic) bond motifs is 1. The smallest absolute Gasteiger partial charge is 0.331 e. The third kappa shape index (κ3) is 8.45. The minimum atomic E-state index is -1.96. The fourth-order valence-electron chi connectivity index (χ4n) is 5.44. The Kier molecular flexibility index (Phi) is 10.8. The third-order valence-corrected chi connectivity index (χ3v) is 8.18. The summed E-state index contributed by atoms with van der Waals surface area (Å²) in [5.41, 5.74) is -0.0115. The molecule has 0 bridgehead atoms. The lowest BCUT2D eigenvalue weighted by molar-refractivity contribution is -0.282. The standard InChI is InChI=1S/C39H32O15/c40-23-9-1-20(2-10-23)5-15-30(45)50-19-29-33(47)35(49)38(53-31(46)16-6-21-3-11-24(41)12-4-21)39(52-29)54-37-34(48)32-27(44)17-26(43)18-28(32)51-36(37)22-7-13-25(42)14-8-22/h1-18,29,33,35,38-44,47,49H,19H2/b15-5+,16-6+/t29-,33-,35+,38-,39-/m0/s1. The Morgan fingerprint density at radius 1 is 0.704 bits per heavy atom. The number of aliphatic hydroxyl groups is 2. The molecule has 1 aromatic heterocycles. The molecule has 1 fully saturated rings. The average molecular weight is 741 g/mol. The number of hydrogen-bond donors (Lipinski definition) is 7. The van der Waals surface area contributed by atoms with Crippen LogP contribution in [0.1, 0.15) is 11.1 Å². The van der Waals surface area contributed by atoms with Crippen LogP contribution in [0.25, 0.3) is 34.4 Å². The van der Waals surface area contributed by atoms with Crippen LogP contribution in [0, 0.1) is 0 Å². The number of aromatic hydroxyl groups is 5. The van der Waals surface area contributed by atoms with Crippen molar-refractivity contribution < 1.29 is 68.7 Å². The molecule has 1 aliphatic rings. The van der Waals surface area contributed by atoms with Crippen LogP contribution in [0.15, 0.2) is 106 Å². The summed E-state index contributed by atoms with van der Waals surface area (Å²) in [5.74, 6) is -4.04. The number of ether oxygens (including phenoxy) is 4. The zero-order valence-electron chi connectivity index (χ0n) is 27.9. The summed E-state index contributed by atoms with van der Waals surface area (Å²) >= 11 is 0. The van der Waals surface area contributed by atoms with Gasteiger partial charge in [-0.15, -0.1) is 0 Å². The lowest BCUT2D eigenvalue weighted by Crippen LogP contribution is -2.61. The van der Waals surface area contributed by atoms with Gasteiger partial charge >= 0.3 is 11.9 Å². The van der Waals surface area contributed by atoms with E-state index in [9.17, 15) is 50.1 Å². The zero-order valence-corrected chi connectivity index (χ0v) is 27.9. The second kappa shape index (κ2) is 15.8. The zero-order chi connectivity index (χ0) is 38.5. The van der Waals surface area contributed by atoms with E-state index in [0.717, 1.165) is 24.3 Å². The predicted molar refractivity (Wildman–Crippen MR) is 189 cm³/mol. The Morgan fingerprint density at radius 2 is 1.26 bits per heavy atom. The normalized spacial score (nSPS) is 19.9. The van der Waals surface area contributed by atoms with Gasteiger partial charge in [-0.2, -0.15) is 0 Å². The molecule has 15 heteroatoms. The van der Waals surface area contributed by atoms with Gasteiger partial charge in [0.15, 0.2) is 11.9 Å². The molecule has 0 saturated carbocycles. The van der Waals surface area contributed by atoms with E-state index in [-0.39, 0.29) is 34.2 Å². The maximum absolute atomic E-state index is 14.0. The third-order valence-electron chi connectivity index (χ3n) is 8.18. The highest BCUT2D eigenvalue weighted by Crippen LogP contribution is 2.38. The first-order valence-corrected chi connectivity index (χ1v) is 16.2. The van der Waals surface area contributed by atoms with Crippen LogP contribution in [0.2, 0.25) is 0 Å². The van der Waals surface area contributed by atoms with Gasteiger partial charge in [0, 0.05) is 29.8 Å². The molecule has 5 aromatic rings. The van der Waals surface area contributed by atoms with Gasteiger partial charge in [0.1, 0.15) is 64.6 Å². The highest BCUT2D eigenvalue weighted by Gasteiger charge is 2.49. The van der Waals surface area contributed by atoms with Crippen molar-refractivity contribution in [2.45, 2.75) is 30.7 Å². The first-order chi connectivity index (χ1) is 25.9. The van der Waals surface area contributed by atoms with E-state index >= 15 is 0 Å². The Labute approximate surface area is 305 Å². The van der Waals surface area contributed by atoms with Crippen molar-refractivity contribution >= 4 is 35.1 Å². The number of phenolic OH excluding ortho intramolecular Hbond substituents is 5. The molecule has 4 aromatic carbocycles. The second-order valence-corrected chi connectivity index (χ2v) is 12.0. The lowest BCUT2D eigenvalue weighted by Gasteiger charge is -2.41. The molecule has 54 heavy (non-hydrogen) atoms. The molecule has 1 saturated heterocycles. The first kappa shape index (κ1) is 37.0. The molecular formula is C39H32O15. The van der Waals surface area contributed by atoms with Crippen LogP contribution in [0.5, 0.6) is 34.5 Å². The van der Waals surface area contributed by atoms with Gasteiger partial charge in [-0.05, 0) is 71.8 Å². The molecule has 5 atom stereocenters. The molecule has 1 aliphatic heterocycles. The molecule has 0 radical (unpaired) electrons. The predicted octanol–water partition coefficient (Wildman–Crippen LogP) is 3.70. The molecule has 0 spiro atoms. The van der Waals surface area contributed by atoms with Crippen LogP contribution < -0.4 is 10.2 Å². The number of rotatable bonds is 10. The van der Waals surface area contributed by atoms with E-state index in [1.165, 1.54) is 72.8 Å². The van der Waals surface area contributed by atoms with Crippen LogP contribution in [-0.4, -0.2) is 85.0 Å². The van der Waals surface area contributed by atoms with Gasteiger partial charge in [0.25, 0.3) is 0 Å². The number of esters is 2. The Balaban J connectivity index is 1.33. The largest absolute Gasteiger partial charge is 0.508 e. The molecule has 278 valence electrons. The SMILES string of the molecule is O=C(/C=C/c1ccc(O)cc1)OC[C@@H]1O[C@@H](Oc2c(-c3ccc(O)cc3)oc3cc(O)cc(O)c3c2=O)[C@@H](OC(=O)/C=C/c2ccc(O)cc2)[C@H](O)[C@H]1O. The van der Waals surface area contributed by atoms with Crippen molar-refractivity contribution in [3.63, 3.8) is 0 Å². The van der Waals surface area contributed by atoms with E-state index in [1.54, 1.807) is 12.1 Å². The van der Waals surface area contributed by atoms with Crippen LogP contribution >= 0.6 is 0 Å². The molecule has 15 nitrogen and oxygen atoms in total. The van der Waals surface area contributed by atoms with E-state index in [0.29, 0.717) is 11.1 Å². The monoisotopic (exact) mass is 740 g/mol. The van der Waals surface area contributed by atoms with Crippen LogP contribution in [0.3, 0.4) is 0 Å². The summed E-state index contributed by atoms with van der Waals surface area (Å²) in [4.78, 5) is 39.6. The van der Waals surface area contributed by atoms with Gasteiger partial charge in [0.2, 0.25) is 17.5 Å². The quantitative estimate of drug-likeness (QED) is 0.0798. The van der Waals surface area contributed by atoms with Gasteiger partial charge in [-0.3, -0.25) is 4.79 Å². The summed E-state index contributed by atoms with van der Waals surface area (Å²) in [7, 11) is 0. The Morgan fingerprint density at radius 3 is 1.85 bits per heavy atom. The molecule has 0 amide bonds. The molecule has 2 heterocycles. The molecule has 7 N–H and O–H groups in total. The minimum absolute atomic E-state index is 0.00487. The van der Waals surface area contributed by atoms with Gasteiger partial charge in [-0.25, -0.2) is 9.59 Å². The van der Waals surface area contributed by atoms with Crippen molar-refractivity contribution in [1.82, 2.24) is 0 Å². The average Bonchev–Trinajstić information content (AvgIpc) is 3.14. The van der Waals surface area contributed by atoms with Crippen LogP contribution in [-0.2, 0) is 23.8 Å². The van der Waals surface area contributed by atoms with Crippen molar-refractivity contribution in [3.8, 4) is 45.8 Å². The lowest BCUT2D eigenvalue weighted by atomic mass is 9.99. The van der Waals surface area contributed by atoms with Gasteiger partial charge < -0.3 is 59.1 Å². The Hall–Kier alpha value is -6.81. The van der Waals surface area contributed by atoms with Crippen molar-refractivity contribution in [1.29, 1.82) is 0 Å². The molecule has 0 aliphatic carbocycles. The fraction of sp³-hybridized carbons (Fsp3) is 0.154. The topological polar surface area (TPSA) is 243 Å². The number of carbonyl (C=O) groups is 2. The first-order valence-electron chi connectivity index (χ1n) is 16.2. The van der Waals surface area contributed by atoms with E-state index in [4.69, 9.17) is 23.4 Å². The van der Waals surface area contributed by atoms with E-state index in [1.807, 2.05) is 0 Å². The molecule has 0 unspecified atom stereocenters. The summed E-state index contributed by atoms with van der Waals surface area (Å²) in [6, 6.07) is 19.0. The Bertz CT molecular complexity index is 2260.